The molecule has 0 spiro atoms. The zero-order valence-corrected chi connectivity index (χ0v) is 16.2. The van der Waals surface area contributed by atoms with Crippen LogP contribution in [0.4, 0.5) is 4.39 Å². The minimum atomic E-state index is -2.56. The first-order chi connectivity index (χ1) is 14.2. The third-order valence-corrected chi connectivity index (χ3v) is 5.12. The van der Waals surface area contributed by atoms with Gasteiger partial charge in [0.05, 0.1) is 19.8 Å². The van der Waals surface area contributed by atoms with Crippen molar-refractivity contribution in [1.29, 1.82) is 0 Å². The fourth-order valence-corrected chi connectivity index (χ4v) is 3.54. The Hall–Kier alpha value is -2.41. The summed E-state index contributed by atoms with van der Waals surface area (Å²) in [6.45, 7) is 0.0131. The summed E-state index contributed by atoms with van der Waals surface area (Å²) >= 11 is 0. The van der Waals surface area contributed by atoms with Crippen LogP contribution in [0.5, 0.6) is 0 Å². The lowest BCUT2D eigenvalue weighted by molar-refractivity contribution is -0.318. The third-order valence-electron chi connectivity index (χ3n) is 5.12. The van der Waals surface area contributed by atoms with Crippen LogP contribution in [0.25, 0.3) is 0 Å². The Morgan fingerprint density at radius 1 is 1.37 bits per heavy atom. The number of hydrogen-bond donors (Lipinski definition) is 5. The number of hydroxylamine groups is 2. The number of ether oxygens (including phenoxy) is 1. The zero-order valence-electron chi connectivity index (χ0n) is 16.2. The predicted octanol–water partition coefficient (Wildman–Crippen LogP) is -0.812. The van der Waals surface area contributed by atoms with Crippen LogP contribution in [0, 0.1) is 6.92 Å². The van der Waals surface area contributed by atoms with E-state index >= 15 is 0 Å². The molecule has 1 aromatic heterocycles. The highest BCUT2D eigenvalue weighted by molar-refractivity contribution is 5.22. The maximum absolute atomic E-state index is 12.8. The second kappa shape index (κ2) is 8.76. The number of hydrogen-bond acceptors (Lipinski definition) is 8. The fourth-order valence-electron chi connectivity index (χ4n) is 3.54. The Morgan fingerprint density at radius 3 is 2.73 bits per heavy atom. The van der Waals surface area contributed by atoms with Crippen molar-refractivity contribution >= 4 is 0 Å². The van der Waals surface area contributed by atoms with E-state index < -0.39 is 48.7 Å². The number of aliphatic hydroxyl groups is 3. The molecule has 11 heteroatoms. The van der Waals surface area contributed by atoms with Gasteiger partial charge in [-0.2, -0.15) is 0 Å². The third kappa shape index (κ3) is 3.95. The van der Waals surface area contributed by atoms with E-state index in [4.69, 9.17) is 4.74 Å². The Morgan fingerprint density at radius 2 is 2.10 bits per heavy atom. The van der Waals surface area contributed by atoms with Crippen LogP contribution in [0.3, 0.4) is 0 Å². The smallest absolute Gasteiger partial charge is 0.330 e. The van der Waals surface area contributed by atoms with Crippen molar-refractivity contribution in [3.05, 3.63) is 68.0 Å². The Balaban J connectivity index is 2.05. The van der Waals surface area contributed by atoms with Gasteiger partial charge in [0.25, 0.3) is 5.56 Å². The second-order valence-corrected chi connectivity index (χ2v) is 7.24. The quantitative estimate of drug-likeness (QED) is 0.286. The van der Waals surface area contributed by atoms with Crippen molar-refractivity contribution < 1.29 is 29.7 Å². The molecular formula is C19H24FN3O7. The Bertz CT molecular complexity index is 1010. The van der Waals surface area contributed by atoms with Crippen molar-refractivity contribution in [3.63, 3.8) is 0 Å². The van der Waals surface area contributed by atoms with Crippen molar-refractivity contribution in [2.45, 2.75) is 44.1 Å². The van der Waals surface area contributed by atoms with Crippen LogP contribution < -0.4 is 11.2 Å². The summed E-state index contributed by atoms with van der Waals surface area (Å²) in [5, 5.41) is 42.4. The van der Waals surface area contributed by atoms with E-state index in [1.807, 2.05) is 18.0 Å². The van der Waals surface area contributed by atoms with E-state index in [0.29, 0.717) is 10.6 Å². The summed E-state index contributed by atoms with van der Waals surface area (Å²) in [4.78, 5) is 26.2. The normalized spacial score (nSPS) is 26.4. The van der Waals surface area contributed by atoms with Gasteiger partial charge in [-0.3, -0.25) is 18.7 Å². The molecule has 0 radical (unpaired) electrons. The highest BCUT2D eigenvalue weighted by Crippen LogP contribution is 2.40. The van der Waals surface area contributed by atoms with E-state index in [1.54, 1.807) is 18.2 Å². The molecule has 4 atom stereocenters. The number of aromatic amines is 1. The number of nitrogens with one attached hydrogen (secondary N) is 1. The van der Waals surface area contributed by atoms with Crippen LogP contribution in [0.15, 0.2) is 40.1 Å². The molecule has 0 saturated carbocycles. The van der Waals surface area contributed by atoms with E-state index in [9.17, 15) is 34.5 Å². The van der Waals surface area contributed by atoms with Gasteiger partial charge in [0, 0.05) is 18.2 Å². The van der Waals surface area contributed by atoms with Crippen LogP contribution in [-0.4, -0.2) is 66.4 Å². The molecule has 3 rings (SSSR count). The average molecular weight is 425 g/mol. The minimum absolute atomic E-state index is 0.0897. The molecule has 1 aliphatic rings. The summed E-state index contributed by atoms with van der Waals surface area (Å²) < 4.78 is 19.0. The number of alkyl halides is 1. The van der Waals surface area contributed by atoms with Crippen LogP contribution in [-0.2, 0) is 17.7 Å². The molecule has 1 aliphatic heterocycles. The lowest BCUT2D eigenvalue weighted by Crippen LogP contribution is -2.59. The van der Waals surface area contributed by atoms with Gasteiger partial charge in [-0.25, -0.2) is 4.79 Å². The van der Waals surface area contributed by atoms with E-state index in [1.165, 1.54) is 0 Å². The Kier molecular flexibility index (Phi) is 6.50. The average Bonchev–Trinajstić information content (AvgIpc) is 2.96. The highest BCUT2D eigenvalue weighted by atomic mass is 19.1. The molecule has 0 aliphatic carbocycles. The maximum Gasteiger partial charge on any atom is 0.330 e. The molecule has 30 heavy (non-hydrogen) atoms. The van der Waals surface area contributed by atoms with Gasteiger partial charge in [-0.15, -0.1) is 5.06 Å². The number of rotatable bonds is 7. The standard InChI is InChI=1S/C19H24FN3O7/c1-11-3-2-4-12(7-11)8-23(29)19(28)15(25)14(10-24)30-17(19)22-9-13(5-6-20)16(26)21-18(22)27/h2-4,7,9,14-15,17,24-25,28-29H,5-6,8,10H2,1H3,(H,21,26,27)/t14-,15-,17?,19-/m1/s1. The van der Waals surface area contributed by atoms with Crippen LogP contribution in [0.1, 0.15) is 22.9 Å². The minimum Gasteiger partial charge on any atom is -0.394 e. The number of aryl methyl sites for hydroxylation is 2. The fraction of sp³-hybridized carbons (Fsp3) is 0.474. The first-order valence-electron chi connectivity index (χ1n) is 9.31. The van der Waals surface area contributed by atoms with Gasteiger partial charge in [-0.05, 0) is 12.5 Å². The maximum atomic E-state index is 12.8. The van der Waals surface area contributed by atoms with Gasteiger partial charge >= 0.3 is 5.69 Å². The zero-order chi connectivity index (χ0) is 22.1. The van der Waals surface area contributed by atoms with Crippen molar-refractivity contribution in [2.24, 2.45) is 0 Å². The molecule has 0 amide bonds. The second-order valence-electron chi connectivity index (χ2n) is 7.24. The molecule has 0 bridgehead atoms. The monoisotopic (exact) mass is 425 g/mol. The lowest BCUT2D eigenvalue weighted by Gasteiger charge is -2.37. The Labute approximate surface area is 170 Å². The number of nitrogens with zero attached hydrogens (tertiary/aromatic N) is 2. The number of benzene rings is 1. The summed E-state index contributed by atoms with van der Waals surface area (Å²) in [6, 6.07) is 7.02. The molecule has 5 N–H and O–H groups in total. The molecule has 1 aromatic carbocycles. The first-order valence-corrected chi connectivity index (χ1v) is 9.31. The van der Waals surface area contributed by atoms with Gasteiger partial charge in [0.1, 0.15) is 12.2 Å². The molecule has 164 valence electrons. The number of aromatic nitrogens is 2. The van der Waals surface area contributed by atoms with Crippen molar-refractivity contribution in [3.8, 4) is 0 Å². The topological polar surface area (TPSA) is 148 Å². The van der Waals surface area contributed by atoms with E-state index in [2.05, 4.69) is 0 Å². The van der Waals surface area contributed by atoms with Gasteiger partial charge in [0.15, 0.2) is 6.23 Å². The van der Waals surface area contributed by atoms with Gasteiger partial charge in [0.2, 0.25) is 5.72 Å². The van der Waals surface area contributed by atoms with Gasteiger partial charge in [-0.1, -0.05) is 29.8 Å². The molecule has 10 nitrogen and oxygen atoms in total. The summed E-state index contributed by atoms with van der Waals surface area (Å²) in [7, 11) is 0. The number of H-pyrrole nitrogens is 1. The number of halogens is 1. The van der Waals surface area contributed by atoms with Crippen LogP contribution >= 0.6 is 0 Å². The molecule has 1 unspecified atom stereocenters. The van der Waals surface area contributed by atoms with E-state index in [-0.39, 0.29) is 18.5 Å². The molecular weight excluding hydrogens is 401 g/mol. The number of aliphatic hydroxyl groups excluding tert-OH is 2. The SMILES string of the molecule is Cc1cccc(CN(O)[C@]2(O)C(n3cc(CCF)c(=O)[nH]c3=O)O[C@H](CO)[C@H]2O)c1. The first kappa shape index (κ1) is 22.3. The van der Waals surface area contributed by atoms with Crippen LogP contribution in [0.2, 0.25) is 0 Å². The molecule has 2 aromatic rings. The molecule has 2 heterocycles. The predicted molar refractivity (Wildman–Crippen MR) is 101 cm³/mol. The lowest BCUT2D eigenvalue weighted by atomic mass is 10.0. The largest absolute Gasteiger partial charge is 0.394 e. The van der Waals surface area contributed by atoms with Crippen molar-refractivity contribution in [2.75, 3.05) is 13.3 Å². The summed E-state index contributed by atoms with van der Waals surface area (Å²) in [5.41, 5.74) is -2.96. The molecule has 1 saturated heterocycles. The highest BCUT2D eigenvalue weighted by Gasteiger charge is 2.60. The van der Waals surface area contributed by atoms with E-state index in [0.717, 1.165) is 16.3 Å². The summed E-state index contributed by atoms with van der Waals surface area (Å²) in [5.74, 6) is 0. The molecule has 1 fully saturated rings. The van der Waals surface area contributed by atoms with Crippen molar-refractivity contribution in [1.82, 2.24) is 14.6 Å². The van der Waals surface area contributed by atoms with Gasteiger partial charge < -0.3 is 25.3 Å². The summed E-state index contributed by atoms with van der Waals surface area (Å²) in [6.07, 6.45) is -4.15.